The fourth-order valence-corrected chi connectivity index (χ4v) is 8.93. The van der Waals surface area contributed by atoms with E-state index in [1.807, 2.05) is 7.05 Å². The van der Waals surface area contributed by atoms with E-state index in [0.717, 1.165) is 45.2 Å². The number of rotatable bonds is 17. The first kappa shape index (κ1) is 38.0. The summed E-state index contributed by atoms with van der Waals surface area (Å²) < 4.78 is 5.83. The maximum Gasteiger partial charge on any atom is 0.303 e. The average Bonchev–Trinajstić information content (AvgIpc) is 3.56. The molecule has 5 heterocycles. The summed E-state index contributed by atoms with van der Waals surface area (Å²) in [4.78, 5) is 71.3. The van der Waals surface area contributed by atoms with Crippen LogP contribution in [0.4, 0.5) is 0 Å². The van der Waals surface area contributed by atoms with Crippen molar-refractivity contribution in [3.05, 3.63) is 40.4 Å². The van der Waals surface area contributed by atoms with Crippen LogP contribution in [-0.4, -0.2) is 86.6 Å². The van der Waals surface area contributed by atoms with Crippen LogP contribution in [0.2, 0.25) is 0 Å². The number of hydrogen-bond acceptors (Lipinski definition) is 10. The molecule has 0 aromatic carbocycles. The van der Waals surface area contributed by atoms with Crippen molar-refractivity contribution in [2.24, 2.45) is 29.6 Å². The topological polar surface area (TPSA) is 135 Å². The van der Waals surface area contributed by atoms with Crippen LogP contribution in [0.15, 0.2) is 23.8 Å². The Morgan fingerprint density at radius 1 is 1.04 bits per heavy atom. The number of nitrogens with zero attached hydrogens (tertiary/aromatic N) is 5. The molecule has 1 N–H and O–H groups in total. The van der Waals surface area contributed by atoms with Crippen LogP contribution in [0.3, 0.4) is 0 Å². The number of carbonyl (C=O) groups is 4. The zero-order valence-electron chi connectivity index (χ0n) is 30.7. The SMILES string of the molecule is CC(=O)O[C@H](C[C@H](C(C)C)N(C)C(=O)[C@@H](CC(=O)[C@H]1CC2CCN1CC2)C1CCC1)c1nc(C(=O)N[C@@H](Cc2ncccn2)CC(C)C)cs1. The molecular formula is C38H56N6O5S. The minimum atomic E-state index is -0.736. The van der Waals surface area contributed by atoms with Crippen molar-refractivity contribution in [1.29, 1.82) is 0 Å². The molecule has 0 unspecified atom stereocenters. The van der Waals surface area contributed by atoms with Gasteiger partial charge in [-0.15, -0.1) is 11.3 Å². The molecule has 2 aromatic rings. The number of nitrogens with one attached hydrogen (secondary N) is 1. The van der Waals surface area contributed by atoms with E-state index in [2.05, 4.69) is 52.9 Å². The smallest absolute Gasteiger partial charge is 0.303 e. The summed E-state index contributed by atoms with van der Waals surface area (Å²) in [5.41, 5.74) is 0.256. The fraction of sp³-hybridized carbons (Fsp3) is 0.711. The van der Waals surface area contributed by atoms with Crippen molar-refractivity contribution in [1.82, 2.24) is 30.1 Å². The second-order valence-electron chi connectivity index (χ2n) is 15.5. The van der Waals surface area contributed by atoms with E-state index in [0.29, 0.717) is 41.9 Å². The summed E-state index contributed by atoms with van der Waals surface area (Å²) in [7, 11) is 1.83. The highest BCUT2D eigenvalue weighted by molar-refractivity contribution is 7.09. The van der Waals surface area contributed by atoms with Gasteiger partial charge in [0.15, 0.2) is 11.9 Å². The van der Waals surface area contributed by atoms with Gasteiger partial charge in [0.25, 0.3) is 5.91 Å². The third kappa shape index (κ3) is 9.75. The Kier molecular flexibility index (Phi) is 13.2. The highest BCUT2D eigenvalue weighted by atomic mass is 32.1. The van der Waals surface area contributed by atoms with Crippen molar-refractivity contribution >= 4 is 34.9 Å². The van der Waals surface area contributed by atoms with E-state index in [1.54, 1.807) is 28.7 Å². The van der Waals surface area contributed by atoms with Crippen molar-refractivity contribution in [2.75, 3.05) is 20.1 Å². The van der Waals surface area contributed by atoms with Crippen molar-refractivity contribution in [3.8, 4) is 0 Å². The number of aromatic nitrogens is 3. The molecule has 11 nitrogen and oxygen atoms in total. The van der Waals surface area contributed by atoms with E-state index < -0.39 is 12.1 Å². The Hall–Kier alpha value is -3.25. The lowest BCUT2D eigenvalue weighted by Crippen LogP contribution is -2.53. The summed E-state index contributed by atoms with van der Waals surface area (Å²) in [6.07, 6.45) is 10.8. The summed E-state index contributed by atoms with van der Waals surface area (Å²) in [6, 6.07) is 1.26. The standard InChI is InChI=1S/C38H56N6O5S/c1-23(2)17-28(19-35-39-13-8-14-40-35)41-36(47)30-22-50-37(42-30)34(49-25(5)45)21-31(24(3)4)43(6)38(48)29(27-9-7-10-27)20-33(46)32-18-26-11-15-44(32)16-12-26/h8,13-14,22-24,26-29,31-32,34H,7,9-12,15-21H2,1-6H3,(H,41,47)/t28-,29+,31-,32-,34-/m1/s1. The fourth-order valence-electron chi connectivity index (χ4n) is 8.09. The van der Waals surface area contributed by atoms with Gasteiger partial charge in [-0.2, -0.15) is 0 Å². The molecular weight excluding hydrogens is 653 g/mol. The van der Waals surface area contributed by atoms with Crippen molar-refractivity contribution in [2.45, 2.75) is 123 Å². The number of amides is 2. The third-order valence-corrected chi connectivity index (χ3v) is 12.0. The number of piperidine rings is 3. The predicted octanol–water partition coefficient (Wildman–Crippen LogP) is 5.66. The summed E-state index contributed by atoms with van der Waals surface area (Å²) >= 11 is 1.27. The van der Waals surface area contributed by atoms with E-state index in [1.165, 1.54) is 31.1 Å². The molecule has 3 aliphatic heterocycles. The van der Waals surface area contributed by atoms with Crippen LogP contribution in [0, 0.1) is 29.6 Å². The lowest BCUT2D eigenvalue weighted by molar-refractivity contribution is -0.150. The number of ether oxygens (including phenoxy) is 1. The number of Topliss-reactive ketones (excluding diaryl/α,β-unsaturated/α-hetero) is 1. The van der Waals surface area contributed by atoms with Gasteiger partial charge in [0.05, 0.1) is 6.04 Å². The first-order chi connectivity index (χ1) is 23.9. The van der Waals surface area contributed by atoms with Gasteiger partial charge < -0.3 is 15.0 Å². The molecule has 3 saturated heterocycles. The number of esters is 1. The maximum absolute atomic E-state index is 14.3. The summed E-state index contributed by atoms with van der Waals surface area (Å²) in [5, 5.41) is 5.32. The molecule has 274 valence electrons. The quantitative estimate of drug-likeness (QED) is 0.207. The number of thiazole rings is 1. The van der Waals surface area contributed by atoms with Gasteiger partial charge in [0.1, 0.15) is 16.5 Å². The number of fused-ring (bicyclic) bond motifs is 3. The summed E-state index contributed by atoms with van der Waals surface area (Å²) in [5.74, 6) is 0.999. The molecule has 2 amide bonds. The van der Waals surface area contributed by atoms with Crippen LogP contribution in [0.1, 0.15) is 120 Å². The molecule has 0 radical (unpaired) electrons. The third-order valence-electron chi connectivity index (χ3n) is 11.0. The van der Waals surface area contributed by atoms with Crippen LogP contribution >= 0.6 is 11.3 Å². The zero-order valence-corrected chi connectivity index (χ0v) is 31.5. The lowest BCUT2D eigenvalue weighted by atomic mass is 9.71. The van der Waals surface area contributed by atoms with Gasteiger partial charge in [-0.1, -0.05) is 34.1 Å². The van der Waals surface area contributed by atoms with E-state index in [4.69, 9.17) is 4.74 Å². The molecule has 50 heavy (non-hydrogen) atoms. The first-order valence-corrected chi connectivity index (χ1v) is 19.5. The highest BCUT2D eigenvalue weighted by Gasteiger charge is 2.43. The van der Waals surface area contributed by atoms with Gasteiger partial charge in [0.2, 0.25) is 5.91 Å². The number of carbonyl (C=O) groups excluding carboxylic acids is 4. The van der Waals surface area contributed by atoms with Crippen molar-refractivity contribution in [3.63, 3.8) is 0 Å². The van der Waals surface area contributed by atoms with Crippen LogP contribution in [0.5, 0.6) is 0 Å². The molecule has 2 bridgehead atoms. The highest BCUT2D eigenvalue weighted by Crippen LogP contribution is 2.40. The average molecular weight is 709 g/mol. The Morgan fingerprint density at radius 3 is 2.30 bits per heavy atom. The number of ketones is 1. The minimum absolute atomic E-state index is 0.00269. The lowest BCUT2D eigenvalue weighted by Gasteiger charge is -2.45. The Morgan fingerprint density at radius 2 is 1.74 bits per heavy atom. The largest absolute Gasteiger partial charge is 0.455 e. The van der Waals surface area contributed by atoms with Crippen LogP contribution in [0.25, 0.3) is 0 Å². The molecule has 4 fully saturated rings. The second-order valence-corrected chi connectivity index (χ2v) is 16.4. The zero-order chi connectivity index (χ0) is 35.9. The molecule has 6 rings (SSSR count). The Bertz CT molecular complexity index is 1450. The molecule has 2 aromatic heterocycles. The molecule has 0 spiro atoms. The van der Waals surface area contributed by atoms with Gasteiger partial charge in [-0.3, -0.25) is 24.1 Å². The van der Waals surface area contributed by atoms with Crippen LogP contribution < -0.4 is 5.32 Å². The van der Waals surface area contributed by atoms with Gasteiger partial charge >= 0.3 is 5.97 Å². The molecule has 1 saturated carbocycles. The number of hydrogen-bond donors (Lipinski definition) is 1. The Balaban J connectivity index is 1.28. The van der Waals surface area contributed by atoms with Gasteiger partial charge in [-0.05, 0) is 81.4 Å². The maximum atomic E-state index is 14.3. The summed E-state index contributed by atoms with van der Waals surface area (Å²) in [6.45, 7) is 11.7. The minimum Gasteiger partial charge on any atom is -0.455 e. The van der Waals surface area contributed by atoms with Crippen molar-refractivity contribution < 1.29 is 23.9 Å². The first-order valence-electron chi connectivity index (χ1n) is 18.6. The Labute approximate surface area is 301 Å². The molecule has 1 aliphatic carbocycles. The van der Waals surface area contributed by atoms with Crippen LogP contribution in [-0.2, 0) is 25.5 Å². The van der Waals surface area contributed by atoms with Gasteiger partial charge in [0, 0.05) is 69.0 Å². The van der Waals surface area contributed by atoms with E-state index in [-0.39, 0.29) is 59.2 Å². The predicted molar refractivity (Wildman–Crippen MR) is 192 cm³/mol. The normalized spacial score (nSPS) is 22.8. The molecule has 5 atom stereocenters. The monoisotopic (exact) mass is 708 g/mol. The second kappa shape index (κ2) is 17.3. The molecule has 4 aliphatic rings. The van der Waals surface area contributed by atoms with Gasteiger partial charge in [-0.25, -0.2) is 15.0 Å². The van der Waals surface area contributed by atoms with E-state index >= 15 is 0 Å². The van der Waals surface area contributed by atoms with E-state index in [9.17, 15) is 19.2 Å². The molecule has 12 heteroatoms.